The number of rotatable bonds is 29. The van der Waals surface area contributed by atoms with Crippen molar-refractivity contribution >= 4 is 69.7 Å². The van der Waals surface area contributed by atoms with E-state index in [0.717, 1.165) is 66.4 Å². The molecule has 0 saturated heterocycles. The summed E-state index contributed by atoms with van der Waals surface area (Å²) in [5.74, 6) is 0. The molecule has 0 bridgehead atoms. The van der Waals surface area contributed by atoms with Crippen LogP contribution in [-0.4, -0.2) is 44.8 Å². The minimum atomic E-state index is -3.56. The molecular formula is C36H66O6P2S2Sn. The quantitative estimate of drug-likeness (QED) is 0.0462. The zero-order chi connectivity index (χ0) is 34.6. The molecule has 2 aromatic rings. The molecule has 0 N–H and O–H groups in total. The van der Waals surface area contributed by atoms with Crippen LogP contribution in [0.4, 0.5) is 0 Å². The van der Waals surface area contributed by atoms with Crippen LogP contribution in [0.2, 0.25) is 13.3 Å². The Hall–Kier alpha value is 0.499. The molecule has 0 radical (unpaired) electrons. The molecule has 2 heterocycles. The van der Waals surface area contributed by atoms with E-state index in [1.807, 2.05) is 22.8 Å². The second-order valence-electron chi connectivity index (χ2n) is 12.8. The third kappa shape index (κ3) is 13.5. The van der Waals surface area contributed by atoms with Crippen molar-refractivity contribution in [3.8, 4) is 9.75 Å². The van der Waals surface area contributed by atoms with E-state index >= 15 is 4.57 Å². The Labute approximate surface area is 300 Å². The molecule has 0 aliphatic heterocycles. The van der Waals surface area contributed by atoms with Crippen LogP contribution in [0.3, 0.4) is 0 Å². The van der Waals surface area contributed by atoms with Crippen LogP contribution >= 0.6 is 37.9 Å². The van der Waals surface area contributed by atoms with Gasteiger partial charge in [0.1, 0.15) is 0 Å². The standard InChI is InChI=1S/C24H39O6P2S2.3C4H9.Sn/c1-5-9-13-27-31(25,28-14-10-6-2)21-17-23(33-19-21)24-18-22(20-34-24)32(26,29-15-11-7-3)30-16-12-8-4;3*1-3-4-2;/h17-19H,5-16H2,1-4H3;3*1,3-4H2,2H3;. The molecule has 272 valence electrons. The van der Waals surface area contributed by atoms with E-state index in [9.17, 15) is 4.57 Å². The van der Waals surface area contributed by atoms with Gasteiger partial charge in [0.2, 0.25) is 0 Å². The van der Waals surface area contributed by atoms with E-state index in [1.54, 1.807) is 11.3 Å². The van der Waals surface area contributed by atoms with Crippen LogP contribution < -0.4 is 13.5 Å². The van der Waals surface area contributed by atoms with Gasteiger partial charge in [-0.15, -0.1) is 0 Å². The first-order chi connectivity index (χ1) is 22.7. The summed E-state index contributed by atoms with van der Waals surface area (Å²) in [5.41, 5.74) is 0. The van der Waals surface area contributed by atoms with Crippen molar-refractivity contribution in [3.63, 3.8) is 0 Å². The Kier molecular flexibility index (Phi) is 22.2. The monoisotopic (exact) mass is 840 g/mol. The molecule has 0 fully saturated rings. The third-order valence-electron chi connectivity index (χ3n) is 8.70. The van der Waals surface area contributed by atoms with Crippen LogP contribution in [0.5, 0.6) is 0 Å². The Morgan fingerprint density at radius 1 is 0.553 bits per heavy atom. The second kappa shape index (κ2) is 23.9. The van der Waals surface area contributed by atoms with E-state index in [2.05, 4.69) is 54.5 Å². The van der Waals surface area contributed by atoms with Crippen molar-refractivity contribution in [1.29, 1.82) is 0 Å². The van der Waals surface area contributed by atoms with Gasteiger partial charge in [0.05, 0.1) is 0 Å². The molecule has 0 amide bonds. The van der Waals surface area contributed by atoms with Crippen LogP contribution in [-0.2, 0) is 27.2 Å². The Morgan fingerprint density at radius 3 is 1.36 bits per heavy atom. The molecule has 47 heavy (non-hydrogen) atoms. The predicted molar refractivity (Wildman–Crippen MR) is 210 cm³/mol. The van der Waals surface area contributed by atoms with Gasteiger partial charge in [0, 0.05) is 0 Å². The molecule has 2 rings (SSSR count). The Morgan fingerprint density at radius 2 is 0.957 bits per heavy atom. The predicted octanol–water partition coefficient (Wildman–Crippen LogP) is 12.4. The molecule has 6 nitrogen and oxygen atoms in total. The number of hydrogen-bond donors (Lipinski definition) is 0. The second-order valence-corrected chi connectivity index (χ2v) is 32.9. The van der Waals surface area contributed by atoms with E-state index in [1.165, 1.54) is 54.7 Å². The first-order valence-corrected chi connectivity index (χ1v) is 31.0. The summed E-state index contributed by atoms with van der Waals surface area (Å²) in [6.45, 7) is 17.0. The zero-order valence-corrected chi connectivity index (χ0v) is 37.0. The van der Waals surface area contributed by atoms with Gasteiger partial charge in [-0.1, -0.05) is 0 Å². The van der Waals surface area contributed by atoms with E-state index in [0.29, 0.717) is 31.7 Å². The molecule has 0 saturated carbocycles. The van der Waals surface area contributed by atoms with Crippen LogP contribution in [0.25, 0.3) is 9.75 Å². The van der Waals surface area contributed by atoms with Gasteiger partial charge in [-0.3, -0.25) is 0 Å². The van der Waals surface area contributed by atoms with E-state index in [4.69, 9.17) is 18.1 Å². The van der Waals surface area contributed by atoms with Gasteiger partial charge in [0.15, 0.2) is 0 Å². The number of unbranched alkanes of at least 4 members (excludes halogenated alkanes) is 7. The summed E-state index contributed by atoms with van der Waals surface area (Å²) in [7, 11) is -7.02. The third-order valence-corrected chi connectivity index (χ3v) is 34.1. The van der Waals surface area contributed by atoms with Gasteiger partial charge >= 0.3 is 302 Å². The van der Waals surface area contributed by atoms with Crippen molar-refractivity contribution in [2.45, 2.75) is 152 Å². The molecule has 11 heteroatoms. The van der Waals surface area contributed by atoms with Gasteiger partial charge in [-0.2, -0.15) is 0 Å². The van der Waals surface area contributed by atoms with Gasteiger partial charge in [-0.25, -0.2) is 0 Å². The van der Waals surface area contributed by atoms with Gasteiger partial charge < -0.3 is 0 Å². The topological polar surface area (TPSA) is 71.1 Å². The summed E-state index contributed by atoms with van der Waals surface area (Å²) >= 11 is 0.322. The van der Waals surface area contributed by atoms with Crippen molar-refractivity contribution in [3.05, 3.63) is 17.5 Å². The summed E-state index contributed by atoms with van der Waals surface area (Å²) in [5, 5.41) is 3.42. The van der Waals surface area contributed by atoms with Gasteiger partial charge in [0.25, 0.3) is 0 Å². The number of thiophene rings is 2. The average molecular weight is 840 g/mol. The van der Waals surface area contributed by atoms with Crippen LogP contribution in [0, 0.1) is 0 Å². The molecule has 0 aliphatic rings. The maximum atomic E-state index is 15.1. The minimum absolute atomic E-state index is 0.412. The number of hydrogen-bond acceptors (Lipinski definition) is 8. The Bertz CT molecular complexity index is 1170. The zero-order valence-electron chi connectivity index (χ0n) is 30.7. The molecular weight excluding hydrogens is 773 g/mol. The molecule has 0 unspecified atom stereocenters. The normalized spacial score (nSPS) is 12.7. The van der Waals surface area contributed by atoms with Crippen LogP contribution in [0.1, 0.15) is 138 Å². The first-order valence-electron chi connectivity index (χ1n) is 18.7. The van der Waals surface area contributed by atoms with Crippen LogP contribution in [0.15, 0.2) is 17.5 Å². The van der Waals surface area contributed by atoms with E-state index < -0.39 is 33.6 Å². The molecule has 2 aromatic heterocycles. The first kappa shape index (κ1) is 43.7. The maximum absolute atomic E-state index is 15.1. The SMILES string of the molecule is CCCCOP(=O)(OCCCC)c1csc(-c2cc(P(=O)(OCCCC)OCCCC)[c]([Sn]([CH2]CCC)([CH2]CCC)[CH2]CCC)s2)c1. The summed E-state index contributed by atoms with van der Waals surface area (Å²) in [6, 6.07) is 4.15. The van der Waals surface area contributed by atoms with E-state index in [-0.39, 0.29) is 0 Å². The summed E-state index contributed by atoms with van der Waals surface area (Å²) in [4.78, 5) is 2.09. The molecule has 0 aromatic carbocycles. The van der Waals surface area contributed by atoms with Crippen molar-refractivity contribution in [1.82, 2.24) is 0 Å². The van der Waals surface area contributed by atoms with Gasteiger partial charge in [-0.05, 0) is 0 Å². The molecule has 0 aliphatic carbocycles. The summed E-state index contributed by atoms with van der Waals surface area (Å²) in [6.07, 6.45) is 14.4. The van der Waals surface area contributed by atoms with Crippen molar-refractivity contribution < 1.29 is 27.2 Å². The summed E-state index contributed by atoms with van der Waals surface area (Å²) < 4.78 is 59.1. The molecule has 0 atom stereocenters. The van der Waals surface area contributed by atoms with Crippen molar-refractivity contribution in [2.24, 2.45) is 0 Å². The van der Waals surface area contributed by atoms with Crippen molar-refractivity contribution in [2.75, 3.05) is 26.4 Å². The fourth-order valence-electron chi connectivity index (χ4n) is 5.63. The fourth-order valence-corrected chi connectivity index (χ4v) is 34.1. The molecule has 0 spiro atoms. The average Bonchev–Trinajstić information content (AvgIpc) is 3.75. The Balaban J connectivity index is 2.78. The fraction of sp³-hybridized carbons (Fsp3) is 0.778.